The zero-order valence-electron chi connectivity index (χ0n) is 12.7. The van der Waals surface area contributed by atoms with Crippen molar-refractivity contribution in [3.63, 3.8) is 0 Å². The van der Waals surface area contributed by atoms with Crippen LogP contribution in [0.2, 0.25) is 0 Å². The minimum absolute atomic E-state index is 0.290. The van der Waals surface area contributed by atoms with Crippen LogP contribution in [0.4, 0.5) is 0 Å². The molecular weight excluding hydrogens is 278 g/mol. The lowest BCUT2D eigenvalue weighted by atomic mass is 9.97. The maximum absolute atomic E-state index is 6.05. The molecule has 0 atom stereocenters. The number of hydrogen-bond acceptors (Lipinski definition) is 1. The number of halogens is 1. The molecule has 0 radical (unpaired) electrons. The highest BCUT2D eigenvalue weighted by Gasteiger charge is 2.21. The SMILES string of the molecule is CCCCN(CCCl)C(c1ccccc1)c1ccccc1. The maximum Gasteiger partial charge on any atom is 0.0602 e. The Morgan fingerprint density at radius 1 is 0.857 bits per heavy atom. The minimum Gasteiger partial charge on any atom is -0.291 e. The topological polar surface area (TPSA) is 3.24 Å². The van der Waals surface area contributed by atoms with E-state index in [0.29, 0.717) is 5.88 Å². The molecule has 2 aromatic carbocycles. The van der Waals surface area contributed by atoms with Crippen molar-refractivity contribution in [1.29, 1.82) is 0 Å². The first-order chi connectivity index (χ1) is 10.4. The predicted octanol–water partition coefficient (Wildman–Crippen LogP) is 5.12. The van der Waals surface area contributed by atoms with Crippen molar-refractivity contribution in [2.75, 3.05) is 19.0 Å². The summed E-state index contributed by atoms with van der Waals surface area (Å²) >= 11 is 6.05. The average molecular weight is 302 g/mol. The molecule has 0 aliphatic rings. The van der Waals surface area contributed by atoms with Crippen LogP contribution < -0.4 is 0 Å². The fraction of sp³-hybridized carbons (Fsp3) is 0.368. The normalized spacial score (nSPS) is 11.2. The van der Waals surface area contributed by atoms with E-state index in [2.05, 4.69) is 72.5 Å². The molecule has 21 heavy (non-hydrogen) atoms. The molecule has 2 rings (SSSR count). The van der Waals surface area contributed by atoms with E-state index in [1.165, 1.54) is 24.0 Å². The first-order valence-corrected chi connectivity index (χ1v) is 8.30. The minimum atomic E-state index is 0.290. The summed E-state index contributed by atoms with van der Waals surface area (Å²) in [6.45, 7) is 4.23. The molecule has 0 saturated carbocycles. The predicted molar refractivity (Wildman–Crippen MR) is 91.9 cm³/mol. The second-order valence-electron chi connectivity index (χ2n) is 5.30. The second kappa shape index (κ2) is 8.86. The van der Waals surface area contributed by atoms with Crippen LogP contribution in [0.5, 0.6) is 0 Å². The van der Waals surface area contributed by atoms with Crippen LogP contribution in [0.25, 0.3) is 0 Å². The Bertz CT molecular complexity index is 458. The molecule has 0 spiro atoms. The Kier molecular flexibility index (Phi) is 6.78. The van der Waals surface area contributed by atoms with Crippen LogP contribution in [0.1, 0.15) is 36.9 Å². The van der Waals surface area contributed by atoms with Gasteiger partial charge in [0.1, 0.15) is 0 Å². The number of hydrogen-bond donors (Lipinski definition) is 0. The van der Waals surface area contributed by atoms with E-state index in [-0.39, 0.29) is 6.04 Å². The molecule has 0 fully saturated rings. The average Bonchev–Trinajstić information content (AvgIpc) is 2.55. The van der Waals surface area contributed by atoms with E-state index in [1.807, 2.05) is 0 Å². The van der Waals surface area contributed by atoms with Gasteiger partial charge >= 0.3 is 0 Å². The van der Waals surface area contributed by atoms with E-state index in [0.717, 1.165) is 13.1 Å². The number of unbranched alkanes of at least 4 members (excludes halogenated alkanes) is 1. The summed E-state index contributed by atoms with van der Waals surface area (Å²) < 4.78 is 0. The molecule has 0 aromatic heterocycles. The summed E-state index contributed by atoms with van der Waals surface area (Å²) in [5.41, 5.74) is 2.68. The molecule has 0 heterocycles. The molecule has 2 aromatic rings. The summed E-state index contributed by atoms with van der Waals surface area (Å²) in [5.74, 6) is 0.667. The van der Waals surface area contributed by atoms with Gasteiger partial charge in [-0.1, -0.05) is 74.0 Å². The van der Waals surface area contributed by atoms with Gasteiger partial charge in [-0.05, 0) is 24.1 Å². The van der Waals surface area contributed by atoms with E-state index in [9.17, 15) is 0 Å². The maximum atomic E-state index is 6.05. The van der Waals surface area contributed by atoms with Gasteiger partial charge < -0.3 is 0 Å². The Balaban J connectivity index is 2.34. The number of rotatable bonds is 8. The largest absolute Gasteiger partial charge is 0.291 e. The lowest BCUT2D eigenvalue weighted by molar-refractivity contribution is 0.235. The molecule has 0 amide bonds. The number of nitrogens with zero attached hydrogens (tertiary/aromatic N) is 1. The van der Waals surface area contributed by atoms with Gasteiger partial charge in [-0.25, -0.2) is 0 Å². The smallest absolute Gasteiger partial charge is 0.0602 e. The van der Waals surface area contributed by atoms with Crippen LogP contribution in [0.15, 0.2) is 60.7 Å². The number of alkyl halides is 1. The molecular formula is C19H24ClN. The van der Waals surface area contributed by atoms with Crippen LogP contribution in [0, 0.1) is 0 Å². The molecule has 0 saturated heterocycles. The highest BCUT2D eigenvalue weighted by atomic mass is 35.5. The highest BCUT2D eigenvalue weighted by molar-refractivity contribution is 6.18. The van der Waals surface area contributed by atoms with Gasteiger partial charge in [0.05, 0.1) is 6.04 Å². The summed E-state index contributed by atoms with van der Waals surface area (Å²) in [7, 11) is 0. The highest BCUT2D eigenvalue weighted by Crippen LogP contribution is 2.28. The molecule has 1 nitrogen and oxygen atoms in total. The first-order valence-electron chi connectivity index (χ1n) is 7.76. The van der Waals surface area contributed by atoms with Crippen molar-refractivity contribution in [2.45, 2.75) is 25.8 Å². The lowest BCUT2D eigenvalue weighted by Crippen LogP contribution is -2.32. The van der Waals surface area contributed by atoms with Crippen LogP contribution in [-0.2, 0) is 0 Å². The van der Waals surface area contributed by atoms with E-state index in [1.54, 1.807) is 0 Å². The zero-order valence-corrected chi connectivity index (χ0v) is 13.5. The standard InChI is InChI=1S/C19H24ClN/c1-2-3-15-21(16-14-20)19(17-10-6-4-7-11-17)18-12-8-5-9-13-18/h4-13,19H,2-3,14-16H2,1H3. The van der Waals surface area contributed by atoms with Gasteiger partial charge in [0.15, 0.2) is 0 Å². The fourth-order valence-corrected chi connectivity index (χ4v) is 2.94. The van der Waals surface area contributed by atoms with E-state index in [4.69, 9.17) is 11.6 Å². The monoisotopic (exact) mass is 301 g/mol. The third-order valence-electron chi connectivity index (χ3n) is 3.77. The molecule has 0 N–H and O–H groups in total. The molecule has 112 valence electrons. The summed E-state index contributed by atoms with van der Waals surface area (Å²) in [5, 5.41) is 0. The van der Waals surface area contributed by atoms with Gasteiger partial charge in [-0.3, -0.25) is 4.90 Å². The molecule has 2 heteroatoms. The van der Waals surface area contributed by atoms with Crippen molar-refractivity contribution in [1.82, 2.24) is 4.90 Å². The van der Waals surface area contributed by atoms with Crippen molar-refractivity contribution < 1.29 is 0 Å². The van der Waals surface area contributed by atoms with Crippen LogP contribution in [-0.4, -0.2) is 23.9 Å². The van der Waals surface area contributed by atoms with Crippen molar-refractivity contribution in [3.8, 4) is 0 Å². The van der Waals surface area contributed by atoms with Gasteiger partial charge in [-0.2, -0.15) is 0 Å². The van der Waals surface area contributed by atoms with Crippen molar-refractivity contribution in [2.24, 2.45) is 0 Å². The summed E-state index contributed by atoms with van der Waals surface area (Å²) in [6.07, 6.45) is 2.40. The molecule has 0 aliphatic carbocycles. The van der Waals surface area contributed by atoms with Gasteiger partial charge in [0.2, 0.25) is 0 Å². The van der Waals surface area contributed by atoms with E-state index >= 15 is 0 Å². The molecule has 0 aliphatic heterocycles. The van der Waals surface area contributed by atoms with E-state index < -0.39 is 0 Å². The third kappa shape index (κ3) is 4.59. The Hall–Kier alpha value is -1.31. The van der Waals surface area contributed by atoms with Gasteiger partial charge in [-0.15, -0.1) is 11.6 Å². The van der Waals surface area contributed by atoms with Crippen molar-refractivity contribution in [3.05, 3.63) is 71.8 Å². The third-order valence-corrected chi connectivity index (χ3v) is 3.94. The van der Waals surface area contributed by atoms with Crippen LogP contribution >= 0.6 is 11.6 Å². The Labute approximate surface area is 133 Å². The Morgan fingerprint density at radius 2 is 1.38 bits per heavy atom. The molecule has 0 bridgehead atoms. The van der Waals surface area contributed by atoms with Crippen molar-refractivity contribution >= 4 is 11.6 Å². The summed E-state index contributed by atoms with van der Waals surface area (Å²) in [4.78, 5) is 2.50. The van der Waals surface area contributed by atoms with Crippen LogP contribution in [0.3, 0.4) is 0 Å². The quantitative estimate of drug-likeness (QED) is 0.612. The molecule has 0 unspecified atom stereocenters. The Morgan fingerprint density at radius 3 is 1.81 bits per heavy atom. The lowest BCUT2D eigenvalue weighted by Gasteiger charge is -2.32. The fourth-order valence-electron chi connectivity index (χ4n) is 2.72. The summed E-state index contributed by atoms with van der Waals surface area (Å²) in [6, 6.07) is 21.7. The number of benzene rings is 2. The van der Waals surface area contributed by atoms with Gasteiger partial charge in [0.25, 0.3) is 0 Å². The first kappa shape index (κ1) is 16.1. The van der Waals surface area contributed by atoms with Gasteiger partial charge in [0, 0.05) is 12.4 Å². The second-order valence-corrected chi connectivity index (χ2v) is 5.68. The zero-order chi connectivity index (χ0) is 14.9.